The van der Waals surface area contributed by atoms with Crippen LogP contribution in [0.2, 0.25) is 5.02 Å². The second kappa shape index (κ2) is 8.88. The van der Waals surface area contributed by atoms with Crippen LogP contribution in [-0.2, 0) is 14.8 Å². The van der Waals surface area contributed by atoms with Gasteiger partial charge in [-0.1, -0.05) is 11.6 Å². The summed E-state index contributed by atoms with van der Waals surface area (Å²) >= 11 is 6.07. The molecule has 0 atom stereocenters. The number of hydrogen-bond donors (Lipinski definition) is 2. The molecule has 0 unspecified atom stereocenters. The second-order valence-corrected chi connectivity index (χ2v) is 7.87. The second-order valence-electron chi connectivity index (χ2n) is 5.45. The van der Waals surface area contributed by atoms with Crippen molar-refractivity contribution in [3.8, 4) is 0 Å². The number of benzene rings is 2. The molecule has 0 heterocycles. The molecule has 2 aromatic carbocycles. The summed E-state index contributed by atoms with van der Waals surface area (Å²) in [6.45, 7) is 3.46. The Morgan fingerprint density at radius 1 is 1.04 bits per heavy atom. The summed E-state index contributed by atoms with van der Waals surface area (Å²) in [6, 6.07) is 10.5. The van der Waals surface area contributed by atoms with E-state index < -0.39 is 21.9 Å². The molecule has 2 rings (SSSR count). The van der Waals surface area contributed by atoms with Crippen LogP contribution in [0.5, 0.6) is 0 Å². The lowest BCUT2D eigenvalue weighted by Gasteiger charge is -2.09. The third-order valence-electron chi connectivity index (χ3n) is 3.52. The lowest BCUT2D eigenvalue weighted by molar-refractivity contribution is 0.0526. The van der Waals surface area contributed by atoms with Crippen LogP contribution < -0.4 is 10.0 Å². The molecule has 1 amide bonds. The highest BCUT2D eigenvalue weighted by Gasteiger charge is 2.13. The van der Waals surface area contributed by atoms with Crippen molar-refractivity contribution in [2.24, 2.45) is 0 Å². The van der Waals surface area contributed by atoms with Crippen LogP contribution in [0.25, 0.3) is 0 Å². The normalized spacial score (nSPS) is 10.9. The molecule has 0 aliphatic carbocycles. The molecule has 0 saturated heterocycles. The van der Waals surface area contributed by atoms with Crippen LogP contribution in [-0.4, -0.2) is 32.7 Å². The van der Waals surface area contributed by atoms with Gasteiger partial charge in [0.2, 0.25) is 10.0 Å². The van der Waals surface area contributed by atoms with Gasteiger partial charge in [0, 0.05) is 16.9 Å². The van der Waals surface area contributed by atoms with Crippen LogP contribution in [0.1, 0.15) is 34.6 Å². The number of ether oxygens (including phenoxy) is 1. The predicted octanol–water partition coefficient (Wildman–Crippen LogP) is 3.53. The van der Waals surface area contributed by atoms with Crippen molar-refractivity contribution in [3.63, 3.8) is 0 Å². The minimum Gasteiger partial charge on any atom is -0.462 e. The van der Waals surface area contributed by atoms with Crippen molar-refractivity contribution >= 4 is 44.9 Å². The Morgan fingerprint density at radius 2 is 1.67 bits per heavy atom. The number of esters is 1. The highest BCUT2D eigenvalue weighted by Crippen LogP contribution is 2.22. The summed E-state index contributed by atoms with van der Waals surface area (Å²) in [7, 11) is -3.38. The van der Waals surface area contributed by atoms with Gasteiger partial charge in [0.15, 0.2) is 0 Å². The lowest BCUT2D eigenvalue weighted by atomic mass is 10.1. The Labute approximate surface area is 162 Å². The van der Waals surface area contributed by atoms with E-state index in [1.165, 1.54) is 43.3 Å². The number of nitrogens with one attached hydrogen (secondary N) is 2. The van der Waals surface area contributed by atoms with E-state index in [0.29, 0.717) is 16.9 Å². The van der Waals surface area contributed by atoms with Gasteiger partial charge in [0.1, 0.15) is 0 Å². The quantitative estimate of drug-likeness (QED) is 0.680. The zero-order valence-electron chi connectivity index (χ0n) is 14.8. The summed E-state index contributed by atoms with van der Waals surface area (Å²) in [5.74, 6) is -0.983. The maximum Gasteiger partial charge on any atom is 0.339 e. The fourth-order valence-electron chi connectivity index (χ4n) is 2.11. The van der Waals surface area contributed by atoms with E-state index in [0.717, 1.165) is 0 Å². The molecule has 7 nitrogen and oxygen atoms in total. The van der Waals surface area contributed by atoms with Crippen LogP contribution in [0, 0.1) is 0 Å². The van der Waals surface area contributed by atoms with Crippen LogP contribution in [0.4, 0.5) is 11.4 Å². The average Bonchev–Trinajstić information content (AvgIpc) is 2.62. The maximum absolute atomic E-state index is 12.3. The first-order valence-corrected chi connectivity index (χ1v) is 10.2. The van der Waals surface area contributed by atoms with E-state index in [1.54, 1.807) is 13.0 Å². The molecular formula is C18H19ClN2O5S. The summed E-state index contributed by atoms with van der Waals surface area (Å²) in [5.41, 5.74) is 1.33. The Bertz CT molecular complexity index is 943. The predicted molar refractivity (Wildman–Crippen MR) is 105 cm³/mol. The van der Waals surface area contributed by atoms with Crippen molar-refractivity contribution in [1.29, 1.82) is 0 Å². The zero-order valence-corrected chi connectivity index (χ0v) is 16.4. The number of amides is 1. The van der Waals surface area contributed by atoms with Gasteiger partial charge >= 0.3 is 5.97 Å². The molecular weight excluding hydrogens is 392 g/mol. The van der Waals surface area contributed by atoms with Crippen molar-refractivity contribution in [3.05, 3.63) is 58.6 Å². The highest BCUT2D eigenvalue weighted by molar-refractivity contribution is 7.92. The number of sulfonamides is 1. The summed E-state index contributed by atoms with van der Waals surface area (Å²) in [4.78, 5) is 24.0. The van der Waals surface area contributed by atoms with Gasteiger partial charge in [-0.3, -0.25) is 9.52 Å². The molecule has 9 heteroatoms. The van der Waals surface area contributed by atoms with E-state index in [2.05, 4.69) is 10.0 Å². The molecule has 2 aromatic rings. The Morgan fingerprint density at radius 3 is 2.22 bits per heavy atom. The molecule has 0 aliphatic rings. The maximum atomic E-state index is 12.3. The van der Waals surface area contributed by atoms with Crippen molar-refractivity contribution in [2.75, 3.05) is 22.4 Å². The fraction of sp³-hybridized carbons (Fsp3) is 0.222. The van der Waals surface area contributed by atoms with Crippen molar-refractivity contribution in [1.82, 2.24) is 0 Å². The fourth-order valence-corrected chi connectivity index (χ4v) is 3.01. The molecule has 0 spiro atoms. The minimum absolute atomic E-state index is 0.0439. The first kappa shape index (κ1) is 20.7. The molecule has 0 aliphatic heterocycles. The Kier molecular flexibility index (Phi) is 6.81. The molecule has 27 heavy (non-hydrogen) atoms. The molecule has 2 N–H and O–H groups in total. The number of halogens is 1. The lowest BCUT2D eigenvalue weighted by Crippen LogP contribution is -2.15. The summed E-state index contributed by atoms with van der Waals surface area (Å²) < 4.78 is 30.4. The largest absolute Gasteiger partial charge is 0.462 e. The molecule has 0 saturated carbocycles. The zero-order chi connectivity index (χ0) is 20.0. The van der Waals surface area contributed by atoms with Gasteiger partial charge in [-0.25, -0.2) is 13.2 Å². The molecule has 144 valence electrons. The standard InChI is InChI=1S/C18H19ClN2O5S/c1-3-26-18(23)15-10-9-14(11-16(15)19)20-17(22)12-5-7-13(8-6-12)21-27(24,25)4-2/h5-11,21H,3-4H2,1-2H3,(H,20,22). The number of carbonyl (C=O) groups is 2. The van der Waals surface area contributed by atoms with Gasteiger partial charge in [-0.2, -0.15) is 0 Å². The highest BCUT2D eigenvalue weighted by atomic mass is 35.5. The van der Waals surface area contributed by atoms with Crippen LogP contribution in [0.15, 0.2) is 42.5 Å². The minimum atomic E-state index is -3.38. The number of carbonyl (C=O) groups excluding carboxylic acids is 2. The van der Waals surface area contributed by atoms with Crippen LogP contribution in [0.3, 0.4) is 0 Å². The number of hydrogen-bond acceptors (Lipinski definition) is 5. The van der Waals surface area contributed by atoms with Gasteiger partial charge in [0.25, 0.3) is 5.91 Å². The molecule has 0 aromatic heterocycles. The van der Waals surface area contributed by atoms with Crippen molar-refractivity contribution in [2.45, 2.75) is 13.8 Å². The van der Waals surface area contributed by atoms with E-state index in [-0.39, 0.29) is 22.9 Å². The monoisotopic (exact) mass is 410 g/mol. The van der Waals surface area contributed by atoms with Gasteiger partial charge in [0.05, 0.1) is 22.9 Å². The Hall–Kier alpha value is -2.58. The Balaban J connectivity index is 2.09. The van der Waals surface area contributed by atoms with Crippen LogP contribution >= 0.6 is 11.6 Å². The number of anilines is 2. The first-order chi connectivity index (χ1) is 12.8. The van der Waals surface area contributed by atoms with E-state index in [4.69, 9.17) is 16.3 Å². The molecule has 0 fully saturated rings. The molecule has 0 bridgehead atoms. The summed E-state index contributed by atoms with van der Waals surface area (Å²) in [6.07, 6.45) is 0. The topological polar surface area (TPSA) is 102 Å². The number of rotatable bonds is 7. The van der Waals surface area contributed by atoms with E-state index in [9.17, 15) is 18.0 Å². The van der Waals surface area contributed by atoms with E-state index >= 15 is 0 Å². The SMILES string of the molecule is CCOC(=O)c1ccc(NC(=O)c2ccc(NS(=O)(=O)CC)cc2)cc1Cl. The summed E-state index contributed by atoms with van der Waals surface area (Å²) in [5, 5.41) is 2.82. The third kappa shape index (κ3) is 5.70. The van der Waals surface area contributed by atoms with Gasteiger partial charge < -0.3 is 10.1 Å². The molecule has 0 radical (unpaired) electrons. The van der Waals surface area contributed by atoms with Gasteiger partial charge in [-0.15, -0.1) is 0 Å². The van der Waals surface area contributed by atoms with E-state index in [1.807, 2.05) is 0 Å². The van der Waals surface area contributed by atoms with Gasteiger partial charge in [-0.05, 0) is 56.3 Å². The van der Waals surface area contributed by atoms with Crippen molar-refractivity contribution < 1.29 is 22.7 Å². The average molecular weight is 411 g/mol. The third-order valence-corrected chi connectivity index (χ3v) is 5.14. The smallest absolute Gasteiger partial charge is 0.339 e. The first-order valence-electron chi connectivity index (χ1n) is 8.14.